The highest BCUT2D eigenvalue weighted by molar-refractivity contribution is 6.06. The predicted octanol–water partition coefficient (Wildman–Crippen LogP) is 2.46. The Labute approximate surface area is 146 Å². The van der Waals surface area contributed by atoms with E-state index in [1.807, 2.05) is 35.2 Å². The van der Waals surface area contributed by atoms with Crippen LogP contribution in [-0.4, -0.2) is 25.6 Å². The van der Waals surface area contributed by atoms with Crippen LogP contribution in [0.2, 0.25) is 0 Å². The summed E-state index contributed by atoms with van der Waals surface area (Å²) in [5.41, 5.74) is 8.63. The second-order valence-corrected chi connectivity index (χ2v) is 5.97. The lowest BCUT2D eigenvalue weighted by atomic mass is 10.00. The van der Waals surface area contributed by atoms with E-state index in [4.69, 9.17) is 10.5 Å². The van der Waals surface area contributed by atoms with Gasteiger partial charge in [-0.3, -0.25) is 4.79 Å². The highest BCUT2D eigenvalue weighted by Gasteiger charge is 2.23. The zero-order chi connectivity index (χ0) is 17.8. The second-order valence-electron chi connectivity index (χ2n) is 5.97. The van der Waals surface area contributed by atoms with Gasteiger partial charge in [0.05, 0.1) is 7.11 Å². The molecule has 0 aliphatic carbocycles. The maximum atomic E-state index is 12.9. The molecule has 130 valence electrons. The Hall–Kier alpha value is -3.02. The number of nitrogens with zero attached hydrogens (tertiary/aromatic N) is 1. The first kappa shape index (κ1) is 16.8. The first-order chi connectivity index (χ1) is 12.1. The van der Waals surface area contributed by atoms with Gasteiger partial charge >= 0.3 is 6.03 Å². The molecule has 0 radical (unpaired) electrons. The minimum Gasteiger partial charge on any atom is -0.497 e. The first-order valence-electron chi connectivity index (χ1n) is 8.19. The Balaban J connectivity index is 1.79. The number of urea groups is 1. The highest BCUT2D eigenvalue weighted by Crippen LogP contribution is 2.31. The number of primary amides is 1. The number of ether oxygens (including phenoxy) is 1. The van der Waals surface area contributed by atoms with Crippen LogP contribution >= 0.6 is 0 Å². The molecule has 6 heteroatoms. The van der Waals surface area contributed by atoms with Crippen molar-refractivity contribution < 1.29 is 14.3 Å². The van der Waals surface area contributed by atoms with Crippen LogP contribution in [0.1, 0.15) is 27.9 Å². The molecule has 3 N–H and O–H groups in total. The lowest BCUT2D eigenvalue weighted by Gasteiger charge is -2.30. The predicted molar refractivity (Wildman–Crippen MR) is 95.9 cm³/mol. The van der Waals surface area contributed by atoms with E-state index in [0.29, 0.717) is 18.7 Å². The van der Waals surface area contributed by atoms with E-state index in [1.54, 1.807) is 19.2 Å². The number of benzene rings is 2. The number of carbonyl (C=O) groups is 2. The van der Waals surface area contributed by atoms with Crippen LogP contribution < -0.4 is 20.7 Å². The first-order valence-corrected chi connectivity index (χ1v) is 8.19. The average Bonchev–Trinajstić information content (AvgIpc) is 2.65. The summed E-state index contributed by atoms with van der Waals surface area (Å²) in [7, 11) is 1.64. The second kappa shape index (κ2) is 7.25. The fourth-order valence-corrected chi connectivity index (χ4v) is 3.02. The summed E-state index contributed by atoms with van der Waals surface area (Å²) in [6.45, 7) is 1.04. The number of rotatable bonds is 4. The van der Waals surface area contributed by atoms with E-state index in [1.165, 1.54) is 0 Å². The van der Waals surface area contributed by atoms with Gasteiger partial charge in [-0.15, -0.1) is 0 Å². The Morgan fingerprint density at radius 1 is 1.20 bits per heavy atom. The fourth-order valence-electron chi connectivity index (χ4n) is 3.02. The van der Waals surface area contributed by atoms with E-state index in [-0.39, 0.29) is 5.91 Å². The highest BCUT2D eigenvalue weighted by atomic mass is 16.5. The van der Waals surface area contributed by atoms with Gasteiger partial charge in [0, 0.05) is 24.3 Å². The Morgan fingerprint density at radius 3 is 2.64 bits per heavy atom. The van der Waals surface area contributed by atoms with Crippen molar-refractivity contribution in [2.75, 3.05) is 18.6 Å². The van der Waals surface area contributed by atoms with Crippen LogP contribution in [0, 0.1) is 0 Å². The minimum absolute atomic E-state index is 0.0273. The van der Waals surface area contributed by atoms with E-state index in [2.05, 4.69) is 5.32 Å². The molecule has 2 aromatic rings. The van der Waals surface area contributed by atoms with Crippen LogP contribution in [-0.2, 0) is 13.0 Å². The largest absolute Gasteiger partial charge is 0.497 e. The number of carbonyl (C=O) groups excluding carboxylic acids is 2. The van der Waals surface area contributed by atoms with Crippen LogP contribution in [0.15, 0.2) is 42.5 Å². The van der Waals surface area contributed by atoms with Crippen molar-refractivity contribution in [1.29, 1.82) is 0 Å². The summed E-state index contributed by atoms with van der Waals surface area (Å²) in [5.74, 6) is 0.778. The average molecular weight is 339 g/mol. The monoisotopic (exact) mass is 339 g/mol. The van der Waals surface area contributed by atoms with E-state index in [9.17, 15) is 9.59 Å². The van der Waals surface area contributed by atoms with Crippen molar-refractivity contribution in [3.8, 4) is 5.75 Å². The van der Waals surface area contributed by atoms with Gasteiger partial charge in [0.1, 0.15) is 5.75 Å². The van der Waals surface area contributed by atoms with Gasteiger partial charge < -0.3 is 20.7 Å². The van der Waals surface area contributed by atoms with Gasteiger partial charge in [0.2, 0.25) is 0 Å². The number of hydrogen-bond acceptors (Lipinski definition) is 3. The maximum Gasteiger partial charge on any atom is 0.312 e. The normalized spacial score (nSPS) is 13.1. The molecule has 6 nitrogen and oxygen atoms in total. The lowest BCUT2D eigenvalue weighted by Crippen LogP contribution is -2.35. The fraction of sp³-hybridized carbons (Fsp3) is 0.263. The third-order valence-corrected chi connectivity index (χ3v) is 4.32. The van der Waals surface area contributed by atoms with Crippen LogP contribution in [0.5, 0.6) is 5.75 Å². The molecule has 25 heavy (non-hydrogen) atoms. The summed E-state index contributed by atoms with van der Waals surface area (Å²) < 4.78 is 5.27. The summed E-state index contributed by atoms with van der Waals surface area (Å²) in [4.78, 5) is 25.5. The Kier molecular flexibility index (Phi) is 4.88. The molecular weight excluding hydrogens is 318 g/mol. The van der Waals surface area contributed by atoms with Gasteiger partial charge in [-0.2, -0.15) is 0 Å². The smallest absolute Gasteiger partial charge is 0.312 e. The zero-order valence-electron chi connectivity index (χ0n) is 14.1. The molecule has 0 fully saturated rings. The SMILES string of the molecule is COc1ccc2c(c1)CCCN2C(=O)c1ccc(CNC(N)=O)cc1. The van der Waals surface area contributed by atoms with Crippen LogP contribution in [0.3, 0.4) is 0 Å². The molecule has 1 aliphatic rings. The molecule has 2 aromatic carbocycles. The van der Waals surface area contributed by atoms with Crippen LogP contribution in [0.4, 0.5) is 10.5 Å². The van der Waals surface area contributed by atoms with Gasteiger partial charge in [-0.1, -0.05) is 12.1 Å². The standard InChI is InChI=1S/C19H21N3O3/c1-25-16-8-9-17-15(11-16)3-2-10-22(17)18(23)14-6-4-13(5-7-14)12-21-19(20)24/h4-9,11H,2-3,10,12H2,1H3,(H3,20,21,24). The maximum absolute atomic E-state index is 12.9. The number of anilines is 1. The van der Waals surface area contributed by atoms with Crippen molar-refractivity contribution >= 4 is 17.6 Å². The quantitative estimate of drug-likeness (QED) is 0.897. The molecular formula is C19H21N3O3. The van der Waals surface area contributed by atoms with Crippen molar-refractivity contribution in [3.63, 3.8) is 0 Å². The molecule has 0 bridgehead atoms. The van der Waals surface area contributed by atoms with Gasteiger partial charge in [0.25, 0.3) is 5.91 Å². The molecule has 0 unspecified atom stereocenters. The molecule has 3 amide bonds. The van der Waals surface area contributed by atoms with Gasteiger partial charge in [-0.25, -0.2) is 4.79 Å². The number of methoxy groups -OCH3 is 1. The van der Waals surface area contributed by atoms with E-state index in [0.717, 1.165) is 35.4 Å². The van der Waals surface area contributed by atoms with E-state index < -0.39 is 6.03 Å². The number of nitrogens with two attached hydrogens (primary N) is 1. The van der Waals surface area contributed by atoms with Crippen molar-refractivity contribution in [1.82, 2.24) is 5.32 Å². The summed E-state index contributed by atoms with van der Waals surface area (Å²) >= 11 is 0. The summed E-state index contributed by atoms with van der Waals surface area (Å²) in [6.07, 6.45) is 1.86. The molecule has 0 aromatic heterocycles. The van der Waals surface area contributed by atoms with Crippen LogP contribution in [0.25, 0.3) is 0 Å². The molecule has 3 rings (SSSR count). The number of nitrogens with one attached hydrogen (secondary N) is 1. The molecule has 0 saturated carbocycles. The van der Waals surface area contributed by atoms with Crippen molar-refractivity contribution in [2.24, 2.45) is 5.73 Å². The number of fused-ring (bicyclic) bond motifs is 1. The summed E-state index contributed by atoms with van der Waals surface area (Å²) in [5, 5.41) is 2.53. The summed E-state index contributed by atoms with van der Waals surface area (Å²) in [6, 6.07) is 12.4. The van der Waals surface area contributed by atoms with Gasteiger partial charge in [-0.05, 0) is 54.3 Å². The molecule has 1 heterocycles. The van der Waals surface area contributed by atoms with Crippen molar-refractivity contribution in [3.05, 3.63) is 59.2 Å². The lowest BCUT2D eigenvalue weighted by molar-refractivity contribution is 0.0985. The number of hydrogen-bond donors (Lipinski definition) is 2. The molecule has 0 spiro atoms. The molecule has 1 aliphatic heterocycles. The van der Waals surface area contributed by atoms with Gasteiger partial charge in [0.15, 0.2) is 0 Å². The topological polar surface area (TPSA) is 84.7 Å². The van der Waals surface area contributed by atoms with Crippen molar-refractivity contribution in [2.45, 2.75) is 19.4 Å². The number of amides is 3. The molecule has 0 saturated heterocycles. The third-order valence-electron chi connectivity index (χ3n) is 4.32. The third kappa shape index (κ3) is 3.74. The zero-order valence-corrected chi connectivity index (χ0v) is 14.1. The Morgan fingerprint density at radius 2 is 1.96 bits per heavy atom. The minimum atomic E-state index is -0.569. The Bertz CT molecular complexity index is 787. The molecule has 0 atom stereocenters. The number of aryl methyl sites for hydroxylation is 1. The van der Waals surface area contributed by atoms with E-state index >= 15 is 0 Å².